The normalized spacial score (nSPS) is 25.6. The highest BCUT2D eigenvalue weighted by atomic mass is 35.5. The van der Waals surface area contributed by atoms with E-state index >= 15 is 0 Å². The van der Waals surface area contributed by atoms with Crippen molar-refractivity contribution in [3.05, 3.63) is 64.7 Å². The van der Waals surface area contributed by atoms with E-state index in [1.807, 2.05) is 24.3 Å². The number of nitrogens with zero attached hydrogens (tertiary/aromatic N) is 2. The fourth-order valence-corrected chi connectivity index (χ4v) is 4.42. The molecule has 1 N–H and O–H groups in total. The van der Waals surface area contributed by atoms with Crippen molar-refractivity contribution < 1.29 is 14.2 Å². The third kappa shape index (κ3) is 4.02. The van der Waals surface area contributed by atoms with Gasteiger partial charge in [-0.05, 0) is 42.7 Å². The molecule has 144 valence electrons. The van der Waals surface area contributed by atoms with Crippen molar-refractivity contribution in [3.8, 4) is 0 Å². The lowest BCUT2D eigenvalue weighted by molar-refractivity contribution is -0.183. The topological polar surface area (TPSA) is 45.6 Å². The van der Waals surface area contributed by atoms with Crippen molar-refractivity contribution in [1.82, 2.24) is 9.88 Å². The number of likely N-dealkylation sites (tertiary alicyclic amines) is 1. The zero-order valence-corrected chi connectivity index (χ0v) is 16.0. The van der Waals surface area contributed by atoms with Crippen molar-refractivity contribution in [2.45, 2.75) is 43.4 Å². The molecule has 0 bridgehead atoms. The predicted molar refractivity (Wildman–Crippen MR) is 102 cm³/mol. The van der Waals surface area contributed by atoms with Gasteiger partial charge in [0.15, 0.2) is 0 Å². The number of pyridine rings is 1. The molecule has 2 aromatic rings. The summed E-state index contributed by atoms with van der Waals surface area (Å²) in [6.45, 7) is 2.93. The largest absolute Gasteiger partial charge is 0.383 e. The Bertz CT molecular complexity index is 796. The van der Waals surface area contributed by atoms with E-state index < -0.39 is 5.60 Å². The monoisotopic (exact) mass is 390 g/mol. The first kappa shape index (κ1) is 18.8. The van der Waals surface area contributed by atoms with Crippen LogP contribution in [0.15, 0.2) is 42.6 Å². The van der Waals surface area contributed by atoms with Crippen LogP contribution in [0.4, 0.5) is 4.39 Å². The van der Waals surface area contributed by atoms with Gasteiger partial charge in [-0.3, -0.25) is 9.88 Å². The van der Waals surface area contributed by atoms with Gasteiger partial charge < -0.3 is 9.84 Å². The maximum absolute atomic E-state index is 13.7. The highest BCUT2D eigenvalue weighted by Gasteiger charge is 2.47. The standard InChI is InChI=1S/C21H24ClFN2O2/c22-17-5-4-16(13-18(17)23)14-25-10-6-20(7-11-25)15-21(26,8-12-27-20)19-3-1-2-9-24-19/h1-5,9,13,26H,6-8,10-12,14-15H2. The highest BCUT2D eigenvalue weighted by molar-refractivity contribution is 6.30. The molecule has 1 spiro atoms. The summed E-state index contributed by atoms with van der Waals surface area (Å²) < 4.78 is 19.8. The third-order valence-electron chi connectivity index (χ3n) is 5.84. The number of aliphatic hydroxyl groups is 1. The molecule has 1 atom stereocenters. The zero-order valence-electron chi connectivity index (χ0n) is 15.2. The first-order chi connectivity index (χ1) is 13.0. The molecule has 0 saturated carbocycles. The van der Waals surface area contributed by atoms with Crippen LogP contribution in [0.1, 0.15) is 36.9 Å². The number of ether oxygens (including phenoxy) is 1. The Morgan fingerprint density at radius 1 is 1.19 bits per heavy atom. The molecule has 1 aromatic heterocycles. The van der Waals surface area contributed by atoms with E-state index in [-0.39, 0.29) is 16.4 Å². The smallest absolute Gasteiger partial charge is 0.142 e. The molecule has 2 aliphatic heterocycles. The molecule has 4 rings (SSSR count). The second kappa shape index (κ2) is 7.47. The maximum atomic E-state index is 13.7. The Hall–Kier alpha value is -1.53. The Morgan fingerprint density at radius 2 is 2.00 bits per heavy atom. The summed E-state index contributed by atoms with van der Waals surface area (Å²) in [5.41, 5.74) is 0.405. The summed E-state index contributed by atoms with van der Waals surface area (Å²) in [5.74, 6) is -0.376. The van der Waals surface area contributed by atoms with E-state index in [4.69, 9.17) is 16.3 Å². The summed E-state index contributed by atoms with van der Waals surface area (Å²) in [7, 11) is 0. The molecule has 27 heavy (non-hydrogen) atoms. The highest BCUT2D eigenvalue weighted by Crippen LogP contribution is 2.43. The minimum atomic E-state index is -0.930. The molecule has 1 aromatic carbocycles. The van der Waals surface area contributed by atoms with Gasteiger partial charge in [-0.15, -0.1) is 0 Å². The molecule has 6 heteroatoms. The van der Waals surface area contributed by atoms with Crippen LogP contribution in [-0.4, -0.2) is 40.3 Å². The number of aromatic nitrogens is 1. The van der Waals surface area contributed by atoms with Crippen LogP contribution < -0.4 is 0 Å². The van der Waals surface area contributed by atoms with E-state index in [0.717, 1.165) is 37.2 Å². The van der Waals surface area contributed by atoms with Crippen molar-refractivity contribution in [3.63, 3.8) is 0 Å². The minimum Gasteiger partial charge on any atom is -0.383 e. The van der Waals surface area contributed by atoms with Crippen LogP contribution in [0.25, 0.3) is 0 Å². The average Bonchev–Trinajstić information content (AvgIpc) is 2.68. The van der Waals surface area contributed by atoms with Crippen molar-refractivity contribution in [1.29, 1.82) is 0 Å². The summed E-state index contributed by atoms with van der Waals surface area (Å²) in [6.07, 6.45) is 4.56. The van der Waals surface area contributed by atoms with Gasteiger partial charge in [0.2, 0.25) is 0 Å². The van der Waals surface area contributed by atoms with Gasteiger partial charge >= 0.3 is 0 Å². The van der Waals surface area contributed by atoms with Gasteiger partial charge in [-0.25, -0.2) is 4.39 Å². The lowest BCUT2D eigenvalue weighted by Crippen LogP contribution is -2.53. The van der Waals surface area contributed by atoms with E-state index in [0.29, 0.717) is 26.0 Å². The molecule has 1 unspecified atom stereocenters. The molecule has 3 heterocycles. The van der Waals surface area contributed by atoms with Gasteiger partial charge in [0.25, 0.3) is 0 Å². The van der Waals surface area contributed by atoms with E-state index in [9.17, 15) is 9.50 Å². The fourth-order valence-electron chi connectivity index (χ4n) is 4.30. The van der Waals surface area contributed by atoms with E-state index in [2.05, 4.69) is 9.88 Å². The van der Waals surface area contributed by atoms with Gasteiger partial charge in [0, 0.05) is 38.7 Å². The van der Waals surface area contributed by atoms with Crippen molar-refractivity contribution in [2.24, 2.45) is 0 Å². The van der Waals surface area contributed by atoms with Crippen LogP contribution in [0.3, 0.4) is 0 Å². The second-order valence-corrected chi connectivity index (χ2v) is 8.14. The van der Waals surface area contributed by atoms with Crippen LogP contribution in [0.5, 0.6) is 0 Å². The molecule has 0 aliphatic carbocycles. The number of hydrogen-bond donors (Lipinski definition) is 1. The molecular formula is C21H24ClFN2O2. The molecule has 0 amide bonds. The zero-order chi connectivity index (χ0) is 18.9. The SMILES string of the molecule is OC1(c2ccccn2)CCOC2(CCN(Cc3ccc(Cl)c(F)c3)CC2)C1. The maximum Gasteiger partial charge on any atom is 0.142 e. The minimum absolute atomic E-state index is 0.153. The van der Waals surface area contributed by atoms with E-state index in [1.54, 1.807) is 12.3 Å². The second-order valence-electron chi connectivity index (χ2n) is 7.73. The summed E-state index contributed by atoms with van der Waals surface area (Å²) >= 11 is 5.76. The van der Waals surface area contributed by atoms with Gasteiger partial charge in [-0.2, -0.15) is 0 Å². The van der Waals surface area contributed by atoms with Gasteiger partial charge in [0.05, 0.1) is 22.9 Å². The first-order valence-electron chi connectivity index (χ1n) is 9.42. The fraction of sp³-hybridized carbons (Fsp3) is 0.476. The molecule has 4 nitrogen and oxygen atoms in total. The number of halogens is 2. The molecule has 2 saturated heterocycles. The first-order valence-corrected chi connectivity index (χ1v) is 9.80. The number of rotatable bonds is 3. The summed E-state index contributed by atoms with van der Waals surface area (Å²) in [5, 5.41) is 11.4. The summed E-state index contributed by atoms with van der Waals surface area (Å²) in [4.78, 5) is 6.67. The number of piperidine rings is 1. The van der Waals surface area contributed by atoms with E-state index in [1.165, 1.54) is 6.07 Å². The van der Waals surface area contributed by atoms with Crippen molar-refractivity contribution in [2.75, 3.05) is 19.7 Å². The Morgan fingerprint density at radius 3 is 2.70 bits per heavy atom. The molecule has 2 aliphatic rings. The molecular weight excluding hydrogens is 367 g/mol. The Balaban J connectivity index is 1.41. The quantitative estimate of drug-likeness (QED) is 0.863. The van der Waals surface area contributed by atoms with Crippen LogP contribution >= 0.6 is 11.6 Å². The average molecular weight is 391 g/mol. The summed E-state index contributed by atoms with van der Waals surface area (Å²) in [6, 6.07) is 10.6. The predicted octanol–water partition coefficient (Wildman–Crippen LogP) is 3.91. The molecule has 0 radical (unpaired) electrons. The van der Waals surface area contributed by atoms with Gasteiger partial charge in [0.1, 0.15) is 11.4 Å². The Kier molecular flexibility index (Phi) is 5.21. The lowest BCUT2D eigenvalue weighted by Gasteiger charge is -2.49. The molecule has 2 fully saturated rings. The van der Waals surface area contributed by atoms with Crippen LogP contribution in [-0.2, 0) is 16.9 Å². The number of hydrogen-bond acceptors (Lipinski definition) is 4. The third-order valence-corrected chi connectivity index (χ3v) is 6.14. The van der Waals surface area contributed by atoms with Gasteiger partial charge in [-0.1, -0.05) is 23.7 Å². The van der Waals surface area contributed by atoms with Crippen molar-refractivity contribution >= 4 is 11.6 Å². The Labute approximate surface area is 163 Å². The van der Waals surface area contributed by atoms with Crippen LogP contribution in [0.2, 0.25) is 5.02 Å². The lowest BCUT2D eigenvalue weighted by atomic mass is 9.75. The van der Waals surface area contributed by atoms with Crippen LogP contribution in [0, 0.1) is 5.82 Å². The number of benzene rings is 1.